The molecule has 0 rings (SSSR count). The molecule has 0 aromatic rings. The van der Waals surface area contributed by atoms with Crippen LogP contribution >= 0.6 is 0 Å². The highest BCUT2D eigenvalue weighted by Gasteiger charge is 2.29. The van der Waals surface area contributed by atoms with Crippen molar-refractivity contribution in [3.05, 3.63) is 12.7 Å². The fourth-order valence-corrected chi connectivity index (χ4v) is 0.618. The van der Waals surface area contributed by atoms with Crippen molar-refractivity contribution >= 4 is 12.2 Å². The van der Waals surface area contributed by atoms with E-state index in [-0.39, 0.29) is 6.29 Å². The lowest BCUT2D eigenvalue weighted by atomic mass is 10.0. The fraction of sp³-hybridized carbons (Fsp3) is 0.556. The van der Waals surface area contributed by atoms with Crippen LogP contribution in [0.2, 0.25) is 0 Å². The lowest BCUT2D eigenvalue weighted by Crippen LogP contribution is -2.46. The third-order valence-electron chi connectivity index (χ3n) is 1.62. The second-order valence-electron chi connectivity index (χ2n) is 2.96. The van der Waals surface area contributed by atoms with Crippen LogP contribution in [0.3, 0.4) is 0 Å². The van der Waals surface area contributed by atoms with Gasteiger partial charge in [0.2, 0.25) is 5.91 Å². The molecular formula is C9H17NO7. The van der Waals surface area contributed by atoms with Crippen LogP contribution in [0.25, 0.3) is 0 Å². The molecule has 0 saturated carbocycles. The largest absolute Gasteiger partial charge is 0.394 e. The smallest absolute Gasteiger partial charge is 0.240 e. The first kappa shape index (κ1) is 18.1. The fourth-order valence-electron chi connectivity index (χ4n) is 0.618. The molecule has 0 fully saturated rings. The van der Waals surface area contributed by atoms with Crippen molar-refractivity contribution in [1.29, 1.82) is 0 Å². The molecule has 4 atom stereocenters. The van der Waals surface area contributed by atoms with Gasteiger partial charge in [-0.25, -0.2) is 0 Å². The van der Waals surface area contributed by atoms with Crippen molar-refractivity contribution in [2.24, 2.45) is 5.73 Å². The molecule has 4 unspecified atom stereocenters. The number of aldehydes is 1. The van der Waals surface area contributed by atoms with Crippen LogP contribution in [0, 0.1) is 0 Å². The summed E-state index contributed by atoms with van der Waals surface area (Å²) in [5.74, 6) is -0.481. The van der Waals surface area contributed by atoms with E-state index < -0.39 is 36.9 Å². The van der Waals surface area contributed by atoms with Crippen molar-refractivity contribution < 1.29 is 35.1 Å². The lowest BCUT2D eigenvalue weighted by molar-refractivity contribution is -0.136. The van der Waals surface area contributed by atoms with Gasteiger partial charge in [-0.2, -0.15) is 0 Å². The van der Waals surface area contributed by atoms with Gasteiger partial charge in [0.25, 0.3) is 0 Å². The van der Waals surface area contributed by atoms with Gasteiger partial charge in [0.05, 0.1) is 6.61 Å². The van der Waals surface area contributed by atoms with Gasteiger partial charge in [-0.1, -0.05) is 6.58 Å². The van der Waals surface area contributed by atoms with Gasteiger partial charge >= 0.3 is 0 Å². The summed E-state index contributed by atoms with van der Waals surface area (Å²) in [5.41, 5.74) is 4.53. The summed E-state index contributed by atoms with van der Waals surface area (Å²) < 4.78 is 0. The van der Waals surface area contributed by atoms with Gasteiger partial charge in [0, 0.05) is 0 Å². The topological polar surface area (TPSA) is 161 Å². The van der Waals surface area contributed by atoms with Gasteiger partial charge < -0.3 is 36.1 Å². The standard InChI is InChI=1S/C6H12O6.C3H5NO/c7-1-3(9)5(11)6(12)4(10)2-8;1-2-3(4)5/h1,3-6,8-12H,2H2;2H,1H2,(H2,4,5). The Bertz CT molecular complexity index is 245. The molecule has 7 N–H and O–H groups in total. The quantitative estimate of drug-likeness (QED) is 0.209. The molecule has 0 aliphatic rings. The molecule has 0 aliphatic carbocycles. The van der Waals surface area contributed by atoms with E-state index in [1.807, 2.05) is 0 Å². The number of primary amides is 1. The van der Waals surface area contributed by atoms with E-state index in [1.165, 1.54) is 0 Å². The average molecular weight is 251 g/mol. The molecule has 0 aromatic carbocycles. The zero-order chi connectivity index (χ0) is 14.0. The van der Waals surface area contributed by atoms with Crippen LogP contribution in [0.5, 0.6) is 0 Å². The molecule has 0 radical (unpaired) electrons. The minimum absolute atomic E-state index is 0.0258. The molecule has 8 nitrogen and oxygen atoms in total. The third-order valence-corrected chi connectivity index (χ3v) is 1.62. The van der Waals surface area contributed by atoms with Crippen LogP contribution in [0.15, 0.2) is 12.7 Å². The highest BCUT2D eigenvalue weighted by Crippen LogP contribution is 2.02. The summed E-state index contributed by atoms with van der Waals surface area (Å²) in [6.07, 6.45) is -5.78. The van der Waals surface area contributed by atoms with Crippen molar-refractivity contribution in [2.75, 3.05) is 6.61 Å². The van der Waals surface area contributed by atoms with E-state index in [0.717, 1.165) is 6.08 Å². The third kappa shape index (κ3) is 8.48. The zero-order valence-electron chi connectivity index (χ0n) is 9.01. The molecule has 1 amide bonds. The van der Waals surface area contributed by atoms with Gasteiger partial charge in [-0.05, 0) is 6.08 Å². The second kappa shape index (κ2) is 9.87. The highest BCUT2D eigenvalue weighted by atomic mass is 16.4. The van der Waals surface area contributed by atoms with Gasteiger partial charge in [-0.3, -0.25) is 4.79 Å². The summed E-state index contributed by atoms with van der Waals surface area (Å²) in [7, 11) is 0. The Labute approximate surface area is 97.6 Å². The molecule has 100 valence electrons. The van der Waals surface area contributed by atoms with Crippen molar-refractivity contribution in [2.45, 2.75) is 24.4 Å². The number of rotatable bonds is 6. The Hall–Kier alpha value is -1.32. The van der Waals surface area contributed by atoms with Gasteiger partial charge in [0.1, 0.15) is 24.4 Å². The molecule has 8 heteroatoms. The maximum Gasteiger partial charge on any atom is 0.240 e. The number of nitrogens with two attached hydrogens (primary N) is 1. The van der Waals surface area contributed by atoms with Crippen LogP contribution in [-0.2, 0) is 9.59 Å². The number of hydrogen-bond acceptors (Lipinski definition) is 7. The van der Waals surface area contributed by atoms with Gasteiger partial charge in [0.15, 0.2) is 6.29 Å². The Balaban J connectivity index is 0. The number of amides is 1. The Morgan fingerprint density at radius 2 is 1.65 bits per heavy atom. The maximum absolute atomic E-state index is 9.90. The van der Waals surface area contributed by atoms with E-state index in [2.05, 4.69) is 12.3 Å². The van der Waals surface area contributed by atoms with Crippen molar-refractivity contribution in [3.63, 3.8) is 0 Å². The second-order valence-corrected chi connectivity index (χ2v) is 2.96. The van der Waals surface area contributed by atoms with E-state index in [0.29, 0.717) is 0 Å². The summed E-state index contributed by atoms with van der Waals surface area (Å²) in [6, 6.07) is 0. The number of aliphatic hydroxyl groups is 5. The van der Waals surface area contributed by atoms with Crippen molar-refractivity contribution in [1.82, 2.24) is 0 Å². The number of carbonyl (C=O) groups is 2. The minimum atomic E-state index is -1.79. The van der Waals surface area contributed by atoms with Gasteiger partial charge in [-0.15, -0.1) is 0 Å². The molecule has 0 bridgehead atoms. The van der Waals surface area contributed by atoms with E-state index in [1.54, 1.807) is 0 Å². The highest BCUT2D eigenvalue weighted by molar-refractivity contribution is 5.84. The molecular weight excluding hydrogens is 234 g/mol. The number of aliphatic hydroxyl groups excluding tert-OH is 5. The molecule has 0 aromatic heterocycles. The molecule has 0 aliphatic heterocycles. The Morgan fingerprint density at radius 3 is 1.88 bits per heavy atom. The molecule has 0 spiro atoms. The number of hydrogen-bond donors (Lipinski definition) is 6. The Kier molecular flexibility index (Phi) is 10.5. The predicted octanol–water partition coefficient (Wildman–Crippen LogP) is -3.72. The van der Waals surface area contributed by atoms with Crippen LogP contribution in [0.1, 0.15) is 0 Å². The van der Waals surface area contributed by atoms with Crippen LogP contribution in [0.4, 0.5) is 0 Å². The first-order chi connectivity index (χ1) is 7.81. The monoisotopic (exact) mass is 251 g/mol. The minimum Gasteiger partial charge on any atom is -0.394 e. The van der Waals surface area contributed by atoms with E-state index in [4.69, 9.17) is 25.5 Å². The van der Waals surface area contributed by atoms with E-state index >= 15 is 0 Å². The average Bonchev–Trinajstić information content (AvgIpc) is 2.35. The molecule has 0 saturated heterocycles. The first-order valence-corrected chi connectivity index (χ1v) is 4.52. The van der Waals surface area contributed by atoms with Crippen LogP contribution in [-0.4, -0.2) is 68.7 Å². The maximum atomic E-state index is 9.90. The molecule has 0 heterocycles. The zero-order valence-corrected chi connectivity index (χ0v) is 9.01. The molecule has 17 heavy (non-hydrogen) atoms. The lowest BCUT2D eigenvalue weighted by Gasteiger charge is -2.22. The summed E-state index contributed by atoms with van der Waals surface area (Å²) in [4.78, 5) is 19.4. The summed E-state index contributed by atoms with van der Waals surface area (Å²) >= 11 is 0. The van der Waals surface area contributed by atoms with Crippen LogP contribution < -0.4 is 5.73 Å². The predicted molar refractivity (Wildman–Crippen MR) is 56.6 cm³/mol. The number of carbonyl (C=O) groups excluding carboxylic acids is 2. The van der Waals surface area contributed by atoms with E-state index in [9.17, 15) is 9.59 Å². The van der Waals surface area contributed by atoms with Crippen molar-refractivity contribution in [3.8, 4) is 0 Å². The first-order valence-electron chi connectivity index (χ1n) is 4.52. The SMILES string of the molecule is C=CC(N)=O.O=CC(O)C(O)C(O)C(O)CO. The summed E-state index contributed by atoms with van der Waals surface area (Å²) in [5, 5.41) is 43.5. The summed E-state index contributed by atoms with van der Waals surface area (Å²) in [6.45, 7) is 2.33. The normalized spacial score (nSPS) is 16.8. The Morgan fingerprint density at radius 1 is 1.24 bits per heavy atom.